The largest absolute Gasteiger partial charge is 0.376 e. The molecule has 1 aromatic heterocycles. The van der Waals surface area contributed by atoms with E-state index in [1.807, 2.05) is 6.07 Å². The van der Waals surface area contributed by atoms with Gasteiger partial charge < -0.3 is 20.1 Å². The average molecular weight is 292 g/mol. The summed E-state index contributed by atoms with van der Waals surface area (Å²) in [6.45, 7) is 5.81. The van der Waals surface area contributed by atoms with Gasteiger partial charge in [-0.2, -0.15) is 0 Å². The van der Waals surface area contributed by atoms with Crippen molar-refractivity contribution in [3.8, 4) is 0 Å². The Labute approximate surface area is 125 Å². The van der Waals surface area contributed by atoms with E-state index < -0.39 is 0 Å². The third kappa shape index (κ3) is 4.28. The van der Waals surface area contributed by atoms with Gasteiger partial charge in [-0.15, -0.1) is 0 Å². The molecule has 1 unspecified atom stereocenters. The van der Waals surface area contributed by atoms with E-state index in [9.17, 15) is 0 Å². The van der Waals surface area contributed by atoms with Gasteiger partial charge in [-0.25, -0.2) is 9.97 Å². The monoisotopic (exact) mass is 292 g/mol. The fourth-order valence-electron chi connectivity index (χ4n) is 2.30. The molecule has 0 bridgehead atoms. The van der Waals surface area contributed by atoms with Crippen molar-refractivity contribution in [2.75, 3.05) is 43.5 Å². The van der Waals surface area contributed by atoms with Crippen LogP contribution in [0, 0.1) is 0 Å². The Morgan fingerprint density at radius 3 is 2.67 bits per heavy atom. The molecule has 0 radical (unpaired) electrons. The molecule has 1 saturated carbocycles. The third-order valence-corrected chi connectivity index (χ3v) is 3.64. The first-order valence-electron chi connectivity index (χ1n) is 7.91. The minimum Gasteiger partial charge on any atom is -0.376 e. The van der Waals surface area contributed by atoms with Gasteiger partial charge in [0, 0.05) is 25.1 Å². The van der Waals surface area contributed by atoms with E-state index in [1.165, 1.54) is 12.8 Å². The quantitative estimate of drug-likeness (QED) is 0.801. The molecule has 1 aliphatic carbocycles. The van der Waals surface area contributed by atoms with Crippen LogP contribution in [0.1, 0.15) is 37.9 Å². The maximum atomic E-state index is 5.64. The highest BCUT2D eigenvalue weighted by Crippen LogP contribution is 2.38. The van der Waals surface area contributed by atoms with Gasteiger partial charge in [-0.05, 0) is 19.3 Å². The van der Waals surface area contributed by atoms with Crippen LogP contribution in [0.3, 0.4) is 0 Å². The van der Waals surface area contributed by atoms with Gasteiger partial charge >= 0.3 is 0 Å². The van der Waals surface area contributed by atoms with E-state index in [4.69, 9.17) is 9.47 Å². The van der Waals surface area contributed by atoms with E-state index in [-0.39, 0.29) is 6.10 Å². The van der Waals surface area contributed by atoms with Crippen molar-refractivity contribution in [2.24, 2.45) is 0 Å². The molecule has 21 heavy (non-hydrogen) atoms. The molecule has 2 heterocycles. The van der Waals surface area contributed by atoms with Crippen molar-refractivity contribution >= 4 is 11.6 Å². The first-order valence-corrected chi connectivity index (χ1v) is 7.91. The SMILES string of the molecule is CCCNc1cc(NCC2COCCO2)nc(C2CC2)n1. The first kappa shape index (κ1) is 14.5. The molecule has 6 nitrogen and oxygen atoms in total. The van der Waals surface area contributed by atoms with Crippen LogP contribution < -0.4 is 10.6 Å². The molecule has 2 N–H and O–H groups in total. The molecule has 1 saturated heterocycles. The first-order chi connectivity index (χ1) is 10.3. The molecule has 1 atom stereocenters. The smallest absolute Gasteiger partial charge is 0.136 e. The fraction of sp³-hybridized carbons (Fsp3) is 0.733. The molecule has 2 aliphatic rings. The molecule has 0 aromatic carbocycles. The fourth-order valence-corrected chi connectivity index (χ4v) is 2.30. The standard InChI is InChI=1S/C15H24N4O2/c1-2-5-16-13-8-14(19-15(18-13)11-3-4-11)17-9-12-10-20-6-7-21-12/h8,11-12H,2-7,9-10H2,1H3,(H2,16,17,18,19). The van der Waals surface area contributed by atoms with E-state index >= 15 is 0 Å². The van der Waals surface area contributed by atoms with E-state index in [2.05, 4.69) is 27.5 Å². The average Bonchev–Trinajstić information content (AvgIpc) is 3.37. The lowest BCUT2D eigenvalue weighted by Crippen LogP contribution is -2.34. The van der Waals surface area contributed by atoms with Crippen molar-refractivity contribution < 1.29 is 9.47 Å². The van der Waals surface area contributed by atoms with Gasteiger partial charge in [0.25, 0.3) is 0 Å². The molecule has 0 spiro atoms. The lowest BCUT2D eigenvalue weighted by Gasteiger charge is -2.23. The van der Waals surface area contributed by atoms with Crippen LogP contribution in [0.2, 0.25) is 0 Å². The molecule has 2 fully saturated rings. The lowest BCUT2D eigenvalue weighted by molar-refractivity contribution is -0.0819. The summed E-state index contributed by atoms with van der Waals surface area (Å²) in [6, 6.07) is 1.98. The summed E-state index contributed by atoms with van der Waals surface area (Å²) in [5.41, 5.74) is 0. The second-order valence-corrected chi connectivity index (χ2v) is 5.65. The van der Waals surface area contributed by atoms with Crippen molar-refractivity contribution in [1.82, 2.24) is 9.97 Å². The van der Waals surface area contributed by atoms with Gasteiger partial charge in [0.05, 0.1) is 25.9 Å². The van der Waals surface area contributed by atoms with Crippen molar-refractivity contribution in [3.05, 3.63) is 11.9 Å². The van der Waals surface area contributed by atoms with E-state index in [0.29, 0.717) is 32.3 Å². The molecule has 116 valence electrons. The molecule has 6 heteroatoms. The topological polar surface area (TPSA) is 68.3 Å². The highest BCUT2D eigenvalue weighted by molar-refractivity contribution is 5.48. The summed E-state index contributed by atoms with van der Waals surface area (Å²) in [5, 5.41) is 6.71. The molecular formula is C15H24N4O2. The number of rotatable bonds is 7. The highest BCUT2D eigenvalue weighted by atomic mass is 16.6. The van der Waals surface area contributed by atoms with Gasteiger partial charge in [0.1, 0.15) is 17.5 Å². The summed E-state index contributed by atoms with van der Waals surface area (Å²) in [7, 11) is 0. The second kappa shape index (κ2) is 7.04. The van der Waals surface area contributed by atoms with Crippen LogP contribution in [0.4, 0.5) is 11.6 Å². The van der Waals surface area contributed by atoms with Crippen LogP contribution in [-0.4, -0.2) is 49.0 Å². The summed E-state index contributed by atoms with van der Waals surface area (Å²) < 4.78 is 11.0. The minimum absolute atomic E-state index is 0.102. The second-order valence-electron chi connectivity index (χ2n) is 5.65. The molecular weight excluding hydrogens is 268 g/mol. The van der Waals surface area contributed by atoms with Crippen LogP contribution in [0.5, 0.6) is 0 Å². The summed E-state index contributed by atoms with van der Waals surface area (Å²) >= 11 is 0. The van der Waals surface area contributed by atoms with Gasteiger partial charge in [0.15, 0.2) is 0 Å². The van der Waals surface area contributed by atoms with Crippen LogP contribution in [0.15, 0.2) is 6.07 Å². The number of aromatic nitrogens is 2. The lowest BCUT2D eigenvalue weighted by atomic mass is 10.3. The molecule has 1 aliphatic heterocycles. The zero-order valence-electron chi connectivity index (χ0n) is 12.6. The predicted octanol–water partition coefficient (Wildman–Crippen LogP) is 2.00. The molecule has 3 rings (SSSR count). The van der Waals surface area contributed by atoms with Gasteiger partial charge in [0.2, 0.25) is 0 Å². The summed E-state index contributed by atoms with van der Waals surface area (Å²) in [6.07, 6.45) is 3.59. The Kier molecular flexibility index (Phi) is 4.87. The summed E-state index contributed by atoms with van der Waals surface area (Å²) in [4.78, 5) is 9.24. The van der Waals surface area contributed by atoms with Crippen LogP contribution in [-0.2, 0) is 9.47 Å². The Balaban J connectivity index is 1.63. The maximum absolute atomic E-state index is 5.64. The minimum atomic E-state index is 0.102. The predicted molar refractivity (Wildman–Crippen MR) is 81.8 cm³/mol. The molecule has 1 aromatic rings. The number of hydrogen-bond donors (Lipinski definition) is 2. The van der Waals surface area contributed by atoms with E-state index in [1.54, 1.807) is 0 Å². The Morgan fingerprint density at radius 2 is 2.00 bits per heavy atom. The number of nitrogens with one attached hydrogen (secondary N) is 2. The van der Waals surface area contributed by atoms with Crippen molar-refractivity contribution in [2.45, 2.75) is 38.2 Å². The van der Waals surface area contributed by atoms with Crippen LogP contribution in [0.25, 0.3) is 0 Å². The normalized spacial score (nSPS) is 22.0. The van der Waals surface area contributed by atoms with Crippen molar-refractivity contribution in [3.63, 3.8) is 0 Å². The highest BCUT2D eigenvalue weighted by Gasteiger charge is 2.27. The van der Waals surface area contributed by atoms with Crippen molar-refractivity contribution in [1.29, 1.82) is 0 Å². The van der Waals surface area contributed by atoms with Gasteiger partial charge in [-0.1, -0.05) is 6.92 Å². The zero-order chi connectivity index (χ0) is 14.5. The maximum Gasteiger partial charge on any atom is 0.136 e. The Bertz CT molecular complexity index is 459. The Hall–Kier alpha value is -1.40. The Morgan fingerprint density at radius 1 is 1.19 bits per heavy atom. The number of hydrogen-bond acceptors (Lipinski definition) is 6. The summed E-state index contributed by atoms with van der Waals surface area (Å²) in [5.74, 6) is 3.29. The molecule has 0 amide bonds. The number of anilines is 2. The third-order valence-electron chi connectivity index (χ3n) is 3.64. The zero-order valence-corrected chi connectivity index (χ0v) is 12.6. The number of nitrogens with zero attached hydrogens (tertiary/aromatic N) is 2. The van der Waals surface area contributed by atoms with Gasteiger partial charge in [-0.3, -0.25) is 0 Å². The number of ether oxygens (including phenoxy) is 2. The van der Waals surface area contributed by atoms with Crippen LogP contribution >= 0.6 is 0 Å². The van der Waals surface area contributed by atoms with E-state index in [0.717, 1.165) is 30.4 Å².